The second-order valence-corrected chi connectivity index (χ2v) is 7.47. The summed E-state index contributed by atoms with van der Waals surface area (Å²) in [7, 11) is -3.37. The third-order valence-corrected chi connectivity index (χ3v) is 6.32. The first-order valence-corrected chi connectivity index (χ1v) is 8.62. The minimum Gasteiger partial charge on any atom is -0.207 e. The highest BCUT2D eigenvalue weighted by Gasteiger charge is 2.36. The molecule has 3 nitrogen and oxygen atoms in total. The van der Waals surface area contributed by atoms with E-state index in [4.69, 9.17) is 0 Å². The summed E-state index contributed by atoms with van der Waals surface area (Å²) in [5.41, 5.74) is 0. The predicted molar refractivity (Wildman–Crippen MR) is 76.6 cm³/mol. The minimum absolute atomic E-state index is 0.00482. The molecule has 0 bridgehead atoms. The number of thiophene rings is 1. The van der Waals surface area contributed by atoms with Gasteiger partial charge in [-0.15, -0.1) is 11.3 Å². The Bertz CT molecular complexity index is 635. The van der Waals surface area contributed by atoms with Crippen molar-refractivity contribution < 1.29 is 8.42 Å². The van der Waals surface area contributed by atoms with E-state index in [0.717, 1.165) is 17.7 Å². The van der Waals surface area contributed by atoms with Gasteiger partial charge in [0.2, 0.25) is 10.0 Å². The zero-order valence-corrected chi connectivity index (χ0v) is 12.0. The van der Waals surface area contributed by atoms with Crippen LogP contribution in [0.3, 0.4) is 0 Å². The summed E-state index contributed by atoms with van der Waals surface area (Å²) >= 11 is 1.63. The molecule has 5 heteroatoms. The fraction of sp³-hybridized carbons (Fsp3) is 0.286. The van der Waals surface area contributed by atoms with Gasteiger partial charge < -0.3 is 0 Å². The Hall–Kier alpha value is -1.17. The molecule has 1 aromatic carbocycles. The molecule has 1 aliphatic heterocycles. The van der Waals surface area contributed by atoms with Crippen LogP contribution in [0.15, 0.2) is 52.7 Å². The normalized spacial score (nSPS) is 20.7. The van der Waals surface area contributed by atoms with E-state index in [1.807, 2.05) is 23.6 Å². The molecular formula is C14H15NO2S2. The van der Waals surface area contributed by atoms with Crippen molar-refractivity contribution in [1.82, 2.24) is 4.31 Å². The van der Waals surface area contributed by atoms with E-state index in [1.54, 1.807) is 39.9 Å². The molecule has 100 valence electrons. The summed E-state index contributed by atoms with van der Waals surface area (Å²) in [5.74, 6) is 0. The Labute approximate surface area is 117 Å². The van der Waals surface area contributed by atoms with Crippen molar-refractivity contribution in [2.75, 3.05) is 6.54 Å². The monoisotopic (exact) mass is 293 g/mol. The van der Waals surface area contributed by atoms with Crippen LogP contribution in [0, 0.1) is 0 Å². The molecule has 2 aromatic rings. The van der Waals surface area contributed by atoms with Crippen LogP contribution in [0.5, 0.6) is 0 Å². The molecule has 0 spiro atoms. The molecule has 1 aliphatic rings. The second-order valence-electron chi connectivity index (χ2n) is 4.60. The van der Waals surface area contributed by atoms with Crippen LogP contribution in [0.1, 0.15) is 23.8 Å². The van der Waals surface area contributed by atoms with E-state index in [1.165, 1.54) is 0 Å². The lowest BCUT2D eigenvalue weighted by Crippen LogP contribution is -2.30. The van der Waals surface area contributed by atoms with Crippen molar-refractivity contribution in [3.05, 3.63) is 52.7 Å². The van der Waals surface area contributed by atoms with E-state index in [2.05, 4.69) is 0 Å². The highest BCUT2D eigenvalue weighted by molar-refractivity contribution is 7.89. The van der Waals surface area contributed by atoms with Crippen LogP contribution < -0.4 is 0 Å². The van der Waals surface area contributed by atoms with Gasteiger partial charge in [-0.1, -0.05) is 24.3 Å². The molecule has 0 N–H and O–H groups in total. The number of hydrogen-bond donors (Lipinski definition) is 0. The van der Waals surface area contributed by atoms with Gasteiger partial charge in [0.1, 0.15) is 0 Å². The highest BCUT2D eigenvalue weighted by Crippen LogP contribution is 2.38. The van der Waals surface area contributed by atoms with Crippen molar-refractivity contribution in [3.8, 4) is 0 Å². The highest BCUT2D eigenvalue weighted by atomic mass is 32.2. The number of rotatable bonds is 3. The minimum atomic E-state index is -3.37. The number of sulfonamides is 1. The Morgan fingerprint density at radius 3 is 2.58 bits per heavy atom. The Morgan fingerprint density at radius 1 is 1.11 bits per heavy atom. The van der Waals surface area contributed by atoms with Gasteiger partial charge in [0.05, 0.1) is 10.9 Å². The average Bonchev–Trinajstić information content (AvgIpc) is 3.10. The molecule has 0 amide bonds. The van der Waals surface area contributed by atoms with Crippen LogP contribution in [0.2, 0.25) is 0 Å². The fourth-order valence-corrected chi connectivity index (χ4v) is 5.16. The van der Waals surface area contributed by atoms with Crippen molar-refractivity contribution in [3.63, 3.8) is 0 Å². The first-order chi connectivity index (χ1) is 9.19. The van der Waals surface area contributed by atoms with Crippen LogP contribution in [0.4, 0.5) is 0 Å². The van der Waals surface area contributed by atoms with Crippen molar-refractivity contribution in [2.45, 2.75) is 23.8 Å². The smallest absolute Gasteiger partial charge is 0.207 e. The zero-order valence-electron chi connectivity index (χ0n) is 10.4. The van der Waals surface area contributed by atoms with Crippen LogP contribution in [-0.2, 0) is 10.0 Å². The molecule has 0 unspecified atom stereocenters. The molecule has 3 rings (SSSR count). The molecule has 2 heterocycles. The summed E-state index contributed by atoms with van der Waals surface area (Å²) in [5, 5.41) is 2.00. The van der Waals surface area contributed by atoms with Gasteiger partial charge in [0.15, 0.2) is 0 Å². The van der Waals surface area contributed by atoms with Gasteiger partial charge in [-0.25, -0.2) is 8.42 Å². The largest absolute Gasteiger partial charge is 0.243 e. The Morgan fingerprint density at radius 2 is 1.89 bits per heavy atom. The summed E-state index contributed by atoms with van der Waals surface area (Å²) in [6.45, 7) is 0.611. The van der Waals surface area contributed by atoms with Gasteiger partial charge in [-0.3, -0.25) is 0 Å². The van der Waals surface area contributed by atoms with Gasteiger partial charge in [0, 0.05) is 11.4 Å². The molecule has 1 aromatic heterocycles. The maximum Gasteiger partial charge on any atom is 0.243 e. The number of benzene rings is 1. The Kier molecular flexibility index (Phi) is 3.43. The lowest BCUT2D eigenvalue weighted by molar-refractivity contribution is 0.401. The fourth-order valence-electron chi connectivity index (χ4n) is 2.52. The molecule has 19 heavy (non-hydrogen) atoms. The van der Waals surface area contributed by atoms with E-state index in [9.17, 15) is 8.42 Å². The zero-order chi connectivity index (χ0) is 13.3. The van der Waals surface area contributed by atoms with Gasteiger partial charge in [-0.05, 0) is 36.4 Å². The quantitative estimate of drug-likeness (QED) is 0.871. The molecule has 1 fully saturated rings. The average molecular weight is 293 g/mol. The van der Waals surface area contributed by atoms with E-state index >= 15 is 0 Å². The standard InChI is InChI=1S/C14H15NO2S2/c16-19(17,12-6-2-1-3-7-12)15-10-4-8-13(15)14-9-5-11-18-14/h1-3,5-7,9,11,13H,4,8,10H2/t13-/m0/s1. The third kappa shape index (κ3) is 2.33. The molecule has 0 aliphatic carbocycles. The van der Waals surface area contributed by atoms with Crippen LogP contribution in [0.25, 0.3) is 0 Å². The summed E-state index contributed by atoms with van der Waals surface area (Å²) < 4.78 is 27.0. The van der Waals surface area contributed by atoms with Gasteiger partial charge in [0.25, 0.3) is 0 Å². The lowest BCUT2D eigenvalue weighted by Gasteiger charge is -2.23. The molecule has 0 saturated carbocycles. The van der Waals surface area contributed by atoms with Crippen LogP contribution >= 0.6 is 11.3 Å². The summed E-state index contributed by atoms with van der Waals surface area (Å²) in [6.07, 6.45) is 1.83. The van der Waals surface area contributed by atoms with Crippen molar-refractivity contribution in [2.24, 2.45) is 0 Å². The van der Waals surface area contributed by atoms with E-state index in [0.29, 0.717) is 11.4 Å². The summed E-state index contributed by atoms with van der Waals surface area (Å²) in [6, 6.07) is 12.7. The molecule has 1 saturated heterocycles. The summed E-state index contributed by atoms with van der Waals surface area (Å²) in [4.78, 5) is 1.52. The Balaban J connectivity index is 1.97. The van der Waals surface area contributed by atoms with Gasteiger partial charge >= 0.3 is 0 Å². The number of nitrogens with zero attached hydrogens (tertiary/aromatic N) is 1. The van der Waals surface area contributed by atoms with E-state index in [-0.39, 0.29) is 6.04 Å². The first kappa shape index (κ1) is 12.8. The maximum absolute atomic E-state index is 12.7. The second kappa shape index (κ2) is 5.07. The predicted octanol–water partition coefficient (Wildman–Crippen LogP) is 3.27. The number of hydrogen-bond acceptors (Lipinski definition) is 3. The molecule has 1 atom stereocenters. The lowest BCUT2D eigenvalue weighted by atomic mass is 10.2. The topological polar surface area (TPSA) is 37.4 Å². The van der Waals surface area contributed by atoms with E-state index < -0.39 is 10.0 Å². The van der Waals surface area contributed by atoms with Gasteiger partial charge in [-0.2, -0.15) is 4.31 Å². The molecule has 0 radical (unpaired) electrons. The maximum atomic E-state index is 12.7. The SMILES string of the molecule is O=S(=O)(c1ccccc1)N1CCC[C@H]1c1cccs1. The third-order valence-electron chi connectivity index (χ3n) is 3.43. The van der Waals surface area contributed by atoms with Crippen LogP contribution in [-0.4, -0.2) is 19.3 Å². The van der Waals surface area contributed by atoms with Crippen molar-refractivity contribution in [1.29, 1.82) is 0 Å². The molecular weight excluding hydrogens is 278 g/mol. The first-order valence-electron chi connectivity index (χ1n) is 6.30. The van der Waals surface area contributed by atoms with Crippen molar-refractivity contribution >= 4 is 21.4 Å².